The van der Waals surface area contributed by atoms with Crippen molar-refractivity contribution < 1.29 is 17.6 Å². The number of likely N-dealkylation sites (tertiary alicyclic amines) is 1. The molecular formula is C17H25FN2O3S. The van der Waals surface area contributed by atoms with E-state index in [-0.39, 0.29) is 30.6 Å². The second kappa shape index (κ2) is 7.96. The molecule has 1 aromatic rings. The summed E-state index contributed by atoms with van der Waals surface area (Å²) in [5.74, 6) is -0.541. The van der Waals surface area contributed by atoms with E-state index in [1.165, 1.54) is 24.3 Å². The molecule has 24 heavy (non-hydrogen) atoms. The van der Waals surface area contributed by atoms with E-state index in [9.17, 15) is 17.6 Å². The molecule has 1 unspecified atom stereocenters. The zero-order chi connectivity index (χ0) is 17.7. The number of benzene rings is 1. The van der Waals surface area contributed by atoms with Gasteiger partial charge in [-0.25, -0.2) is 12.8 Å². The van der Waals surface area contributed by atoms with Gasteiger partial charge in [-0.2, -0.15) is 0 Å². The standard InChI is InChI=1S/C17H25FN2O3S/c1-3-15-8-4-5-11-19(15)17(21)10-12-20(24(2,22)23)16-9-6-7-14(18)13-16/h6-7,9,13,15H,3-5,8,10-12H2,1-2H3. The Bertz CT molecular complexity index is 678. The molecule has 0 aromatic heterocycles. The molecule has 0 aliphatic carbocycles. The van der Waals surface area contributed by atoms with Crippen LogP contribution in [0, 0.1) is 5.82 Å². The van der Waals surface area contributed by atoms with E-state index in [2.05, 4.69) is 6.92 Å². The number of anilines is 1. The number of hydrogen-bond acceptors (Lipinski definition) is 3. The van der Waals surface area contributed by atoms with Crippen molar-refractivity contribution in [2.45, 2.75) is 45.1 Å². The average Bonchev–Trinajstić information content (AvgIpc) is 2.53. The Morgan fingerprint density at radius 3 is 2.75 bits per heavy atom. The molecule has 0 bridgehead atoms. The van der Waals surface area contributed by atoms with Gasteiger partial charge in [-0.1, -0.05) is 13.0 Å². The summed E-state index contributed by atoms with van der Waals surface area (Å²) in [5.41, 5.74) is 0.246. The monoisotopic (exact) mass is 356 g/mol. The van der Waals surface area contributed by atoms with Crippen molar-refractivity contribution in [3.05, 3.63) is 30.1 Å². The fraction of sp³-hybridized carbons (Fsp3) is 0.588. The first-order valence-electron chi connectivity index (χ1n) is 8.35. The van der Waals surface area contributed by atoms with Crippen LogP contribution in [-0.2, 0) is 14.8 Å². The van der Waals surface area contributed by atoms with E-state index in [0.29, 0.717) is 0 Å². The molecule has 0 N–H and O–H groups in total. The summed E-state index contributed by atoms with van der Waals surface area (Å²) in [6, 6.07) is 5.66. The molecule has 1 aromatic carbocycles. The van der Waals surface area contributed by atoms with Gasteiger partial charge in [-0.3, -0.25) is 9.10 Å². The van der Waals surface area contributed by atoms with E-state index < -0.39 is 15.8 Å². The van der Waals surface area contributed by atoms with Gasteiger partial charge in [0.1, 0.15) is 5.82 Å². The summed E-state index contributed by atoms with van der Waals surface area (Å²) < 4.78 is 38.6. The molecule has 134 valence electrons. The highest BCUT2D eigenvalue weighted by Crippen LogP contribution is 2.22. The fourth-order valence-corrected chi connectivity index (χ4v) is 4.13. The topological polar surface area (TPSA) is 57.7 Å². The number of rotatable bonds is 6. The summed E-state index contributed by atoms with van der Waals surface area (Å²) >= 11 is 0. The van der Waals surface area contributed by atoms with E-state index in [1.807, 2.05) is 4.90 Å². The fourth-order valence-electron chi connectivity index (χ4n) is 3.21. The first-order chi connectivity index (χ1) is 11.3. The van der Waals surface area contributed by atoms with Gasteiger partial charge in [0, 0.05) is 25.6 Å². The van der Waals surface area contributed by atoms with Gasteiger partial charge in [0.15, 0.2) is 0 Å². The van der Waals surface area contributed by atoms with Crippen molar-refractivity contribution in [2.24, 2.45) is 0 Å². The molecule has 0 radical (unpaired) electrons. The molecule has 5 nitrogen and oxygen atoms in total. The highest BCUT2D eigenvalue weighted by Gasteiger charge is 2.26. The molecule has 1 saturated heterocycles. The van der Waals surface area contributed by atoms with Crippen LogP contribution in [0.4, 0.5) is 10.1 Å². The molecule has 1 aliphatic heterocycles. The second-order valence-electron chi connectivity index (χ2n) is 6.21. The predicted molar refractivity (Wildman–Crippen MR) is 92.8 cm³/mol. The summed E-state index contributed by atoms with van der Waals surface area (Å²) in [7, 11) is -3.58. The minimum absolute atomic E-state index is 0.0219. The van der Waals surface area contributed by atoms with E-state index in [4.69, 9.17) is 0 Å². The van der Waals surface area contributed by atoms with Crippen LogP contribution in [0.5, 0.6) is 0 Å². The highest BCUT2D eigenvalue weighted by atomic mass is 32.2. The van der Waals surface area contributed by atoms with Crippen LogP contribution in [0.15, 0.2) is 24.3 Å². The van der Waals surface area contributed by atoms with Crippen LogP contribution in [-0.4, -0.2) is 44.6 Å². The van der Waals surface area contributed by atoms with Gasteiger partial charge in [0.2, 0.25) is 15.9 Å². The third-order valence-electron chi connectivity index (χ3n) is 4.44. The Hall–Kier alpha value is -1.63. The number of amides is 1. The van der Waals surface area contributed by atoms with E-state index in [1.54, 1.807) is 0 Å². The van der Waals surface area contributed by atoms with Crippen molar-refractivity contribution in [1.29, 1.82) is 0 Å². The molecule has 1 heterocycles. The smallest absolute Gasteiger partial charge is 0.232 e. The number of carbonyl (C=O) groups is 1. The van der Waals surface area contributed by atoms with Crippen molar-refractivity contribution >= 4 is 21.6 Å². The van der Waals surface area contributed by atoms with Crippen LogP contribution in [0.3, 0.4) is 0 Å². The normalized spacial score (nSPS) is 18.5. The first kappa shape index (κ1) is 18.7. The van der Waals surface area contributed by atoms with Crippen LogP contribution in [0.1, 0.15) is 39.0 Å². The van der Waals surface area contributed by atoms with Gasteiger partial charge in [-0.15, -0.1) is 0 Å². The van der Waals surface area contributed by atoms with Gasteiger partial charge < -0.3 is 4.90 Å². The van der Waals surface area contributed by atoms with Crippen molar-refractivity contribution in [3.63, 3.8) is 0 Å². The lowest BCUT2D eigenvalue weighted by Crippen LogP contribution is -2.44. The lowest BCUT2D eigenvalue weighted by molar-refractivity contribution is -0.134. The van der Waals surface area contributed by atoms with Crippen LogP contribution in [0.25, 0.3) is 0 Å². The predicted octanol–water partition coefficient (Wildman–Crippen LogP) is 2.77. The maximum Gasteiger partial charge on any atom is 0.232 e. The molecule has 0 saturated carbocycles. The minimum atomic E-state index is -3.58. The Morgan fingerprint density at radius 1 is 1.38 bits per heavy atom. The van der Waals surface area contributed by atoms with Crippen molar-refractivity contribution in [1.82, 2.24) is 4.90 Å². The first-order valence-corrected chi connectivity index (χ1v) is 10.2. The number of halogens is 1. The minimum Gasteiger partial charge on any atom is -0.340 e. The maximum atomic E-state index is 13.4. The molecule has 0 spiro atoms. The maximum absolute atomic E-state index is 13.4. The molecular weight excluding hydrogens is 331 g/mol. The van der Waals surface area contributed by atoms with Gasteiger partial charge in [0.25, 0.3) is 0 Å². The molecule has 1 aliphatic rings. The van der Waals surface area contributed by atoms with Gasteiger partial charge in [0.05, 0.1) is 11.9 Å². The van der Waals surface area contributed by atoms with Gasteiger partial charge >= 0.3 is 0 Å². The molecule has 2 rings (SSSR count). The molecule has 1 fully saturated rings. The molecule has 1 amide bonds. The summed E-state index contributed by atoms with van der Waals surface area (Å²) in [6.45, 7) is 2.82. The number of nitrogens with zero attached hydrogens (tertiary/aromatic N) is 2. The zero-order valence-corrected chi connectivity index (χ0v) is 15.1. The summed E-state index contributed by atoms with van der Waals surface area (Å²) in [4.78, 5) is 14.4. The third kappa shape index (κ3) is 4.69. The Kier molecular flexibility index (Phi) is 6.21. The second-order valence-corrected chi connectivity index (χ2v) is 8.12. The van der Waals surface area contributed by atoms with E-state index in [0.717, 1.165) is 42.8 Å². The molecule has 7 heteroatoms. The SMILES string of the molecule is CCC1CCCCN1C(=O)CCN(c1cccc(F)c1)S(C)(=O)=O. The van der Waals surface area contributed by atoms with Crippen molar-refractivity contribution in [3.8, 4) is 0 Å². The third-order valence-corrected chi connectivity index (χ3v) is 5.64. The average molecular weight is 356 g/mol. The molecule has 1 atom stereocenters. The van der Waals surface area contributed by atoms with Gasteiger partial charge in [-0.05, 0) is 43.9 Å². The summed E-state index contributed by atoms with van der Waals surface area (Å²) in [5, 5.41) is 0. The summed E-state index contributed by atoms with van der Waals surface area (Å²) in [6.07, 6.45) is 5.19. The number of sulfonamides is 1. The Balaban J connectivity index is 2.09. The lowest BCUT2D eigenvalue weighted by Gasteiger charge is -2.36. The quantitative estimate of drug-likeness (QED) is 0.787. The van der Waals surface area contributed by atoms with Crippen LogP contribution >= 0.6 is 0 Å². The number of carbonyl (C=O) groups excluding carboxylic acids is 1. The number of hydrogen-bond donors (Lipinski definition) is 0. The highest BCUT2D eigenvalue weighted by molar-refractivity contribution is 7.92. The number of piperidine rings is 1. The van der Waals surface area contributed by atoms with E-state index >= 15 is 0 Å². The van der Waals surface area contributed by atoms with Crippen LogP contribution in [0.2, 0.25) is 0 Å². The lowest BCUT2D eigenvalue weighted by atomic mass is 9.99. The van der Waals surface area contributed by atoms with Crippen LogP contribution < -0.4 is 4.31 Å². The zero-order valence-electron chi connectivity index (χ0n) is 14.2. The Morgan fingerprint density at radius 2 is 2.12 bits per heavy atom. The largest absolute Gasteiger partial charge is 0.340 e. The Labute approximate surface area is 143 Å². The van der Waals surface area contributed by atoms with Crippen molar-refractivity contribution in [2.75, 3.05) is 23.7 Å².